The quantitative estimate of drug-likeness (QED) is 0.744. The lowest BCUT2D eigenvalue weighted by Crippen LogP contribution is -2.34. The van der Waals surface area contributed by atoms with Crippen LogP contribution in [0.15, 0.2) is 17.8 Å². The molecule has 2 heterocycles. The van der Waals surface area contributed by atoms with Crippen LogP contribution in [0.2, 0.25) is 0 Å². The summed E-state index contributed by atoms with van der Waals surface area (Å²) in [6.07, 6.45) is 1.51. The number of thiophene rings is 1. The summed E-state index contributed by atoms with van der Waals surface area (Å²) < 4.78 is 9.78. The highest BCUT2D eigenvalue weighted by atomic mass is 32.1. The summed E-state index contributed by atoms with van der Waals surface area (Å²) in [6, 6.07) is 1.95. The van der Waals surface area contributed by atoms with E-state index >= 15 is 0 Å². The van der Waals surface area contributed by atoms with E-state index < -0.39 is 0 Å². The van der Waals surface area contributed by atoms with Crippen molar-refractivity contribution >= 4 is 33.3 Å². The lowest BCUT2D eigenvalue weighted by Gasteiger charge is -2.22. The van der Waals surface area contributed by atoms with E-state index in [0.717, 1.165) is 16.0 Å². The van der Waals surface area contributed by atoms with Crippen LogP contribution in [-0.4, -0.2) is 49.9 Å². The number of methoxy groups -OCH3 is 2. The topological polar surface area (TPSA) is 64.5 Å². The summed E-state index contributed by atoms with van der Waals surface area (Å²) in [5, 5.41) is 2.89. The van der Waals surface area contributed by atoms with Gasteiger partial charge < -0.3 is 14.4 Å². The fourth-order valence-corrected chi connectivity index (χ4v) is 2.44. The number of nitrogens with zero attached hydrogens (tertiary/aromatic N) is 3. The molecule has 0 atom stereocenters. The van der Waals surface area contributed by atoms with Crippen LogP contribution in [0.5, 0.6) is 0 Å². The first-order valence-corrected chi connectivity index (χ1v) is 6.63. The van der Waals surface area contributed by atoms with Crippen molar-refractivity contribution < 1.29 is 14.3 Å². The maximum atomic E-state index is 11.5. The van der Waals surface area contributed by atoms with Gasteiger partial charge in [-0.3, -0.25) is 4.79 Å². The molecule has 0 spiro atoms. The van der Waals surface area contributed by atoms with Gasteiger partial charge >= 0.3 is 5.97 Å². The summed E-state index contributed by atoms with van der Waals surface area (Å²) in [6.45, 7) is 1.21. The minimum atomic E-state index is -0.307. The van der Waals surface area contributed by atoms with Crippen molar-refractivity contribution in [2.75, 3.05) is 38.8 Å². The number of anilines is 1. The molecule has 0 radical (unpaired) electrons. The number of ether oxygens (including phenoxy) is 2. The molecule has 0 unspecified atom stereocenters. The largest absolute Gasteiger partial charge is 0.468 e. The van der Waals surface area contributed by atoms with Crippen LogP contribution in [0.4, 0.5) is 5.82 Å². The van der Waals surface area contributed by atoms with Gasteiger partial charge in [-0.1, -0.05) is 0 Å². The summed E-state index contributed by atoms with van der Waals surface area (Å²) in [4.78, 5) is 22.7. The maximum Gasteiger partial charge on any atom is 0.325 e. The zero-order valence-corrected chi connectivity index (χ0v) is 11.6. The molecule has 0 saturated heterocycles. The lowest BCUT2D eigenvalue weighted by atomic mass is 10.3. The number of aromatic nitrogens is 2. The monoisotopic (exact) mass is 281 g/mol. The van der Waals surface area contributed by atoms with E-state index in [2.05, 4.69) is 9.97 Å². The van der Waals surface area contributed by atoms with Gasteiger partial charge in [0.1, 0.15) is 23.5 Å². The molecule has 0 fully saturated rings. The van der Waals surface area contributed by atoms with E-state index in [1.807, 2.05) is 16.3 Å². The summed E-state index contributed by atoms with van der Waals surface area (Å²) in [5.41, 5.74) is 0. The van der Waals surface area contributed by atoms with Gasteiger partial charge in [-0.05, 0) is 11.4 Å². The third-order valence-electron chi connectivity index (χ3n) is 2.65. The molecule has 0 saturated carbocycles. The van der Waals surface area contributed by atoms with Gasteiger partial charge in [-0.25, -0.2) is 9.97 Å². The Labute approximate surface area is 115 Å². The van der Waals surface area contributed by atoms with Crippen molar-refractivity contribution in [2.45, 2.75) is 0 Å². The van der Waals surface area contributed by atoms with Crippen molar-refractivity contribution in [1.82, 2.24) is 9.97 Å². The minimum absolute atomic E-state index is 0.141. The van der Waals surface area contributed by atoms with E-state index in [9.17, 15) is 4.79 Å². The van der Waals surface area contributed by atoms with Crippen LogP contribution in [0, 0.1) is 0 Å². The zero-order valence-electron chi connectivity index (χ0n) is 10.8. The third kappa shape index (κ3) is 3.18. The van der Waals surface area contributed by atoms with Crippen molar-refractivity contribution in [1.29, 1.82) is 0 Å². The van der Waals surface area contributed by atoms with Crippen LogP contribution in [0.25, 0.3) is 10.2 Å². The fourth-order valence-electron chi connectivity index (χ4n) is 1.71. The summed E-state index contributed by atoms with van der Waals surface area (Å²) >= 11 is 1.54. The Hall–Kier alpha value is -1.73. The predicted octanol–water partition coefficient (Wildman–Crippen LogP) is 1.32. The first-order chi connectivity index (χ1) is 9.26. The Kier molecular flexibility index (Phi) is 4.64. The number of hydrogen-bond acceptors (Lipinski definition) is 7. The molecule has 2 aromatic heterocycles. The fraction of sp³-hybridized carbons (Fsp3) is 0.417. The van der Waals surface area contributed by atoms with Crippen LogP contribution >= 0.6 is 11.3 Å². The lowest BCUT2D eigenvalue weighted by molar-refractivity contribution is -0.139. The molecule has 19 heavy (non-hydrogen) atoms. The van der Waals surface area contributed by atoms with Gasteiger partial charge in [0.15, 0.2) is 0 Å². The molecule has 102 valence electrons. The van der Waals surface area contributed by atoms with Crippen molar-refractivity contribution in [3.05, 3.63) is 17.8 Å². The van der Waals surface area contributed by atoms with Crippen LogP contribution in [0.1, 0.15) is 0 Å². The number of rotatable bonds is 6. The smallest absolute Gasteiger partial charge is 0.325 e. The molecule has 0 aliphatic rings. The molecule has 0 bridgehead atoms. The molecule has 0 N–H and O–H groups in total. The standard InChI is InChI=1S/C12H15N3O3S/c1-17-5-4-15(7-10(16)18-2)11-9-3-6-19-12(9)14-8-13-11/h3,6,8H,4-5,7H2,1-2H3. The van der Waals surface area contributed by atoms with E-state index in [1.165, 1.54) is 13.4 Å². The Morgan fingerprint density at radius 2 is 2.26 bits per heavy atom. The van der Waals surface area contributed by atoms with Gasteiger partial charge in [-0.15, -0.1) is 11.3 Å². The Balaban J connectivity index is 2.30. The summed E-state index contributed by atoms with van der Waals surface area (Å²) in [5.74, 6) is 0.423. The van der Waals surface area contributed by atoms with Crippen LogP contribution in [0.3, 0.4) is 0 Å². The molecule has 0 aliphatic carbocycles. The molecule has 6 nitrogen and oxygen atoms in total. The zero-order chi connectivity index (χ0) is 13.7. The van der Waals surface area contributed by atoms with Gasteiger partial charge in [0.05, 0.1) is 19.1 Å². The molecular formula is C12H15N3O3S. The normalized spacial score (nSPS) is 10.6. The van der Waals surface area contributed by atoms with Gasteiger partial charge in [-0.2, -0.15) is 0 Å². The second kappa shape index (κ2) is 6.44. The maximum absolute atomic E-state index is 11.5. The number of carbonyl (C=O) groups excluding carboxylic acids is 1. The van der Waals surface area contributed by atoms with E-state index in [1.54, 1.807) is 18.4 Å². The third-order valence-corrected chi connectivity index (χ3v) is 3.47. The second-order valence-corrected chi connectivity index (χ2v) is 4.72. The SMILES string of the molecule is COCCN(CC(=O)OC)c1ncnc2sccc12. The highest BCUT2D eigenvalue weighted by Gasteiger charge is 2.16. The Bertz CT molecular complexity index is 558. The van der Waals surface area contributed by atoms with E-state index in [-0.39, 0.29) is 12.5 Å². The molecule has 0 aliphatic heterocycles. The van der Waals surface area contributed by atoms with Crippen molar-refractivity contribution in [3.8, 4) is 0 Å². The van der Waals surface area contributed by atoms with Crippen molar-refractivity contribution in [3.63, 3.8) is 0 Å². The summed E-state index contributed by atoms with van der Waals surface area (Å²) in [7, 11) is 2.99. The van der Waals surface area contributed by atoms with E-state index in [0.29, 0.717) is 13.2 Å². The van der Waals surface area contributed by atoms with Gasteiger partial charge in [0, 0.05) is 13.7 Å². The molecule has 0 aromatic carbocycles. The van der Waals surface area contributed by atoms with E-state index in [4.69, 9.17) is 9.47 Å². The van der Waals surface area contributed by atoms with Gasteiger partial charge in [0.2, 0.25) is 0 Å². The molecular weight excluding hydrogens is 266 g/mol. The predicted molar refractivity (Wildman–Crippen MR) is 73.5 cm³/mol. The average Bonchev–Trinajstić information content (AvgIpc) is 2.91. The highest BCUT2D eigenvalue weighted by Crippen LogP contribution is 2.26. The number of esters is 1. The molecule has 2 aromatic rings. The Morgan fingerprint density at radius 1 is 1.42 bits per heavy atom. The van der Waals surface area contributed by atoms with Crippen molar-refractivity contribution in [2.24, 2.45) is 0 Å². The Morgan fingerprint density at radius 3 is 3.00 bits per heavy atom. The second-order valence-electron chi connectivity index (χ2n) is 3.83. The first-order valence-electron chi connectivity index (χ1n) is 5.75. The van der Waals surface area contributed by atoms with Crippen LogP contribution < -0.4 is 4.90 Å². The highest BCUT2D eigenvalue weighted by molar-refractivity contribution is 7.16. The number of fused-ring (bicyclic) bond motifs is 1. The average molecular weight is 281 g/mol. The first kappa shape index (κ1) is 13.7. The van der Waals surface area contributed by atoms with Crippen LogP contribution in [-0.2, 0) is 14.3 Å². The minimum Gasteiger partial charge on any atom is -0.468 e. The number of carbonyl (C=O) groups is 1. The molecule has 7 heteroatoms. The van der Waals surface area contributed by atoms with Gasteiger partial charge in [0.25, 0.3) is 0 Å². The molecule has 0 amide bonds. The molecule has 2 rings (SSSR count). The number of hydrogen-bond donors (Lipinski definition) is 0.